The van der Waals surface area contributed by atoms with Gasteiger partial charge in [-0.15, -0.1) is 0 Å². The van der Waals surface area contributed by atoms with E-state index in [9.17, 15) is 14.4 Å². The first-order chi connectivity index (χ1) is 14.3. The van der Waals surface area contributed by atoms with Gasteiger partial charge in [-0.25, -0.2) is 5.43 Å². The van der Waals surface area contributed by atoms with Crippen LogP contribution >= 0.6 is 0 Å². The second-order valence-electron chi connectivity index (χ2n) is 7.08. The van der Waals surface area contributed by atoms with Gasteiger partial charge in [0, 0.05) is 12.2 Å². The van der Waals surface area contributed by atoms with Crippen molar-refractivity contribution in [3.05, 3.63) is 59.7 Å². The van der Waals surface area contributed by atoms with Gasteiger partial charge in [-0.05, 0) is 48.2 Å². The fourth-order valence-electron chi connectivity index (χ4n) is 2.35. The Balaban J connectivity index is 1.82. The Labute approximate surface area is 175 Å². The minimum atomic E-state index is -0.841. The summed E-state index contributed by atoms with van der Waals surface area (Å²) in [6, 6.07) is 14.3. The topological polar surface area (TPSA) is 109 Å². The number of rotatable bonds is 8. The number of carbonyl (C=O) groups excluding carboxylic acids is 3. The number of hydrazone groups is 1. The fourth-order valence-corrected chi connectivity index (χ4v) is 2.35. The van der Waals surface area contributed by atoms with Gasteiger partial charge in [0.2, 0.25) is 0 Å². The van der Waals surface area contributed by atoms with Gasteiger partial charge in [0.1, 0.15) is 5.75 Å². The predicted molar refractivity (Wildman–Crippen MR) is 115 cm³/mol. The summed E-state index contributed by atoms with van der Waals surface area (Å²) in [5.41, 5.74) is 4.56. The third-order valence-corrected chi connectivity index (χ3v) is 3.79. The Morgan fingerprint density at radius 3 is 2.57 bits per heavy atom. The number of ether oxygens (including phenoxy) is 1. The van der Waals surface area contributed by atoms with Crippen molar-refractivity contribution >= 4 is 29.6 Å². The SMILES string of the molecule is Cc1cccc(NC(=O)COc2cccc(/C=N\NC(=O)C(=O)NCC(C)C)c2)c1. The van der Waals surface area contributed by atoms with Crippen molar-refractivity contribution in [1.29, 1.82) is 0 Å². The third-order valence-electron chi connectivity index (χ3n) is 3.79. The molecule has 0 spiro atoms. The summed E-state index contributed by atoms with van der Waals surface area (Å²) >= 11 is 0. The molecule has 0 saturated carbocycles. The molecule has 8 nitrogen and oxygen atoms in total. The van der Waals surface area contributed by atoms with Gasteiger partial charge in [-0.2, -0.15) is 5.10 Å². The lowest BCUT2D eigenvalue weighted by Gasteiger charge is -2.08. The van der Waals surface area contributed by atoms with Crippen LogP contribution < -0.4 is 20.8 Å². The highest BCUT2D eigenvalue weighted by Gasteiger charge is 2.12. The van der Waals surface area contributed by atoms with Gasteiger partial charge in [-0.1, -0.05) is 38.1 Å². The largest absolute Gasteiger partial charge is 0.484 e. The number of nitrogens with one attached hydrogen (secondary N) is 3. The zero-order valence-electron chi connectivity index (χ0n) is 17.3. The van der Waals surface area contributed by atoms with Gasteiger partial charge < -0.3 is 15.4 Å². The van der Waals surface area contributed by atoms with Crippen LogP contribution in [-0.4, -0.2) is 37.1 Å². The smallest absolute Gasteiger partial charge is 0.329 e. The Hall–Kier alpha value is -3.68. The normalized spacial score (nSPS) is 10.7. The Kier molecular flexibility index (Phi) is 8.56. The Morgan fingerprint density at radius 2 is 1.83 bits per heavy atom. The predicted octanol–water partition coefficient (Wildman–Crippen LogP) is 2.23. The van der Waals surface area contributed by atoms with Crippen molar-refractivity contribution in [3.8, 4) is 5.75 Å². The van der Waals surface area contributed by atoms with Crippen LogP contribution in [0.2, 0.25) is 0 Å². The van der Waals surface area contributed by atoms with E-state index in [0.29, 0.717) is 23.5 Å². The van der Waals surface area contributed by atoms with Crippen LogP contribution in [0.15, 0.2) is 53.6 Å². The van der Waals surface area contributed by atoms with E-state index < -0.39 is 11.8 Å². The zero-order valence-corrected chi connectivity index (χ0v) is 17.3. The van der Waals surface area contributed by atoms with Crippen molar-refractivity contribution in [2.45, 2.75) is 20.8 Å². The number of hydrogen-bond acceptors (Lipinski definition) is 5. The van der Waals surface area contributed by atoms with Crippen LogP contribution in [0.4, 0.5) is 5.69 Å². The summed E-state index contributed by atoms with van der Waals surface area (Å²) in [4.78, 5) is 35.3. The van der Waals surface area contributed by atoms with Crippen LogP contribution in [0, 0.1) is 12.8 Å². The molecule has 0 aromatic heterocycles. The van der Waals surface area contributed by atoms with Crippen LogP contribution in [0.3, 0.4) is 0 Å². The molecular formula is C22H26N4O4. The molecule has 0 atom stereocenters. The molecule has 2 aromatic carbocycles. The molecule has 8 heteroatoms. The van der Waals surface area contributed by atoms with E-state index in [1.54, 1.807) is 30.3 Å². The molecule has 3 amide bonds. The number of anilines is 1. The lowest BCUT2D eigenvalue weighted by atomic mass is 10.2. The molecule has 0 heterocycles. The zero-order chi connectivity index (χ0) is 21.9. The standard InChI is InChI=1S/C22H26N4O4/c1-15(2)12-23-21(28)22(29)26-24-13-17-7-5-9-19(11-17)30-14-20(27)25-18-8-4-6-16(3)10-18/h4-11,13,15H,12,14H2,1-3H3,(H,23,28)(H,25,27)(H,26,29)/b24-13-. The van der Waals surface area contributed by atoms with Crippen molar-refractivity contribution in [2.24, 2.45) is 11.0 Å². The van der Waals surface area contributed by atoms with E-state index in [-0.39, 0.29) is 18.4 Å². The van der Waals surface area contributed by atoms with Crippen LogP contribution in [0.1, 0.15) is 25.0 Å². The highest BCUT2D eigenvalue weighted by atomic mass is 16.5. The summed E-state index contributed by atoms with van der Waals surface area (Å²) in [6.45, 7) is 6.06. The first-order valence-electron chi connectivity index (χ1n) is 9.54. The first kappa shape index (κ1) is 22.6. The highest BCUT2D eigenvalue weighted by molar-refractivity contribution is 6.35. The lowest BCUT2D eigenvalue weighted by Crippen LogP contribution is -2.39. The van der Waals surface area contributed by atoms with Crippen molar-refractivity contribution in [3.63, 3.8) is 0 Å². The second kappa shape index (κ2) is 11.4. The summed E-state index contributed by atoms with van der Waals surface area (Å²) in [6.07, 6.45) is 1.38. The number of nitrogens with zero attached hydrogens (tertiary/aromatic N) is 1. The van der Waals surface area contributed by atoms with E-state index in [0.717, 1.165) is 5.56 Å². The summed E-state index contributed by atoms with van der Waals surface area (Å²) in [5, 5.41) is 9.04. The molecule has 0 radical (unpaired) electrons. The quantitative estimate of drug-likeness (QED) is 0.352. The maximum Gasteiger partial charge on any atom is 0.329 e. The number of carbonyl (C=O) groups is 3. The minimum Gasteiger partial charge on any atom is -0.484 e. The third kappa shape index (κ3) is 8.14. The molecule has 30 heavy (non-hydrogen) atoms. The Morgan fingerprint density at radius 1 is 1.07 bits per heavy atom. The fraction of sp³-hybridized carbons (Fsp3) is 0.273. The average Bonchev–Trinajstić information content (AvgIpc) is 2.70. The monoisotopic (exact) mass is 410 g/mol. The first-order valence-corrected chi connectivity index (χ1v) is 9.54. The van der Waals surface area contributed by atoms with E-state index in [1.807, 2.05) is 39.0 Å². The molecule has 0 unspecified atom stereocenters. The van der Waals surface area contributed by atoms with Gasteiger partial charge in [-0.3, -0.25) is 14.4 Å². The maximum atomic E-state index is 12.0. The molecule has 2 rings (SSSR count). The number of benzene rings is 2. The van der Waals surface area contributed by atoms with Gasteiger partial charge in [0.25, 0.3) is 5.91 Å². The number of hydrogen-bond donors (Lipinski definition) is 3. The highest BCUT2D eigenvalue weighted by Crippen LogP contribution is 2.13. The second-order valence-corrected chi connectivity index (χ2v) is 7.08. The molecule has 0 aliphatic carbocycles. The number of amides is 3. The summed E-state index contributed by atoms with van der Waals surface area (Å²) in [7, 11) is 0. The van der Waals surface area contributed by atoms with E-state index in [2.05, 4.69) is 21.2 Å². The molecule has 2 aromatic rings. The molecule has 158 valence electrons. The van der Waals surface area contributed by atoms with Crippen LogP contribution in [0.5, 0.6) is 5.75 Å². The Bertz CT molecular complexity index is 925. The number of aryl methyl sites for hydroxylation is 1. The van der Waals surface area contributed by atoms with Crippen molar-refractivity contribution in [2.75, 3.05) is 18.5 Å². The molecule has 0 bridgehead atoms. The molecule has 0 fully saturated rings. The molecule has 0 aliphatic rings. The van der Waals surface area contributed by atoms with Gasteiger partial charge >= 0.3 is 11.8 Å². The van der Waals surface area contributed by atoms with Gasteiger partial charge in [0.05, 0.1) is 6.21 Å². The molecular weight excluding hydrogens is 384 g/mol. The van der Waals surface area contributed by atoms with Gasteiger partial charge in [0.15, 0.2) is 6.61 Å². The van der Waals surface area contributed by atoms with Crippen LogP contribution in [0.25, 0.3) is 0 Å². The van der Waals surface area contributed by atoms with E-state index in [4.69, 9.17) is 4.74 Å². The van der Waals surface area contributed by atoms with Crippen LogP contribution in [-0.2, 0) is 14.4 Å². The van der Waals surface area contributed by atoms with E-state index >= 15 is 0 Å². The molecule has 0 aliphatic heterocycles. The van der Waals surface area contributed by atoms with E-state index in [1.165, 1.54) is 6.21 Å². The van der Waals surface area contributed by atoms with Crippen molar-refractivity contribution in [1.82, 2.24) is 10.7 Å². The molecule has 3 N–H and O–H groups in total. The lowest BCUT2D eigenvalue weighted by molar-refractivity contribution is -0.139. The minimum absolute atomic E-state index is 0.151. The summed E-state index contributed by atoms with van der Waals surface area (Å²) < 4.78 is 5.51. The average molecular weight is 410 g/mol. The molecule has 0 saturated heterocycles. The van der Waals surface area contributed by atoms with Crippen molar-refractivity contribution < 1.29 is 19.1 Å². The summed E-state index contributed by atoms with van der Waals surface area (Å²) in [5.74, 6) is -1.14. The maximum absolute atomic E-state index is 12.0.